The molecule has 0 radical (unpaired) electrons. The number of hydrogen-bond acceptors (Lipinski definition) is 4. The maximum atomic E-state index is 12.7. The van der Waals surface area contributed by atoms with Gasteiger partial charge in [0, 0.05) is 31.3 Å². The Kier molecular flexibility index (Phi) is 5.23. The molecule has 3 rings (SSSR count). The molecular weight excluding hydrogens is 308 g/mol. The molecule has 1 saturated heterocycles. The second kappa shape index (κ2) is 7.38. The van der Waals surface area contributed by atoms with Gasteiger partial charge in [0.15, 0.2) is 0 Å². The average Bonchev–Trinajstić information content (AvgIpc) is 2.50. The zero-order valence-electron chi connectivity index (χ0n) is 14.2. The fourth-order valence-corrected chi connectivity index (χ4v) is 3.64. The van der Waals surface area contributed by atoms with Crippen molar-refractivity contribution in [3.05, 3.63) is 28.2 Å². The number of morpholine rings is 1. The van der Waals surface area contributed by atoms with E-state index in [4.69, 9.17) is 4.74 Å². The summed E-state index contributed by atoms with van der Waals surface area (Å²) in [4.78, 5) is 26.6. The highest BCUT2D eigenvalue weighted by Gasteiger charge is 2.31. The van der Waals surface area contributed by atoms with Crippen LogP contribution in [0.1, 0.15) is 37.8 Å². The number of ether oxygens (including phenoxy) is 1. The van der Waals surface area contributed by atoms with E-state index >= 15 is 0 Å². The molecule has 2 fully saturated rings. The summed E-state index contributed by atoms with van der Waals surface area (Å²) in [7, 11) is 0. The minimum Gasteiger partial charge on any atom is -0.508 e. The van der Waals surface area contributed by atoms with Crippen LogP contribution in [0.4, 0.5) is 0 Å². The van der Waals surface area contributed by atoms with E-state index in [2.05, 4.69) is 0 Å². The Hall–Kier alpha value is -1.82. The predicted octanol–water partition coefficient (Wildman–Crippen LogP) is 1.67. The SMILES string of the molecule is Cc1cc(O)cc(=O)n1CCC(=O)N1CCOCC1CC1CCC1. The summed E-state index contributed by atoms with van der Waals surface area (Å²) in [6, 6.07) is 2.90. The van der Waals surface area contributed by atoms with E-state index in [-0.39, 0.29) is 23.3 Å². The lowest BCUT2D eigenvalue weighted by molar-refractivity contribution is -0.141. The van der Waals surface area contributed by atoms with Gasteiger partial charge in [-0.2, -0.15) is 0 Å². The van der Waals surface area contributed by atoms with E-state index in [1.165, 1.54) is 25.3 Å². The van der Waals surface area contributed by atoms with Crippen LogP contribution >= 0.6 is 0 Å². The van der Waals surface area contributed by atoms with Crippen molar-refractivity contribution in [3.8, 4) is 5.75 Å². The number of carbonyl (C=O) groups excluding carboxylic acids is 1. The molecule has 0 spiro atoms. The molecule has 1 aliphatic carbocycles. The zero-order valence-corrected chi connectivity index (χ0v) is 14.2. The smallest absolute Gasteiger partial charge is 0.254 e. The molecule has 2 heterocycles. The van der Waals surface area contributed by atoms with E-state index in [1.54, 1.807) is 17.6 Å². The first-order valence-electron chi connectivity index (χ1n) is 8.82. The van der Waals surface area contributed by atoms with Gasteiger partial charge in [0.05, 0.1) is 19.3 Å². The van der Waals surface area contributed by atoms with Gasteiger partial charge in [-0.1, -0.05) is 19.3 Å². The maximum absolute atomic E-state index is 12.7. The molecule has 1 N–H and O–H groups in total. The molecule has 1 unspecified atom stereocenters. The lowest BCUT2D eigenvalue weighted by Gasteiger charge is -2.39. The van der Waals surface area contributed by atoms with Crippen molar-refractivity contribution in [2.24, 2.45) is 5.92 Å². The Labute approximate surface area is 142 Å². The minimum atomic E-state index is -0.270. The fourth-order valence-electron chi connectivity index (χ4n) is 3.64. The Morgan fingerprint density at radius 3 is 2.83 bits per heavy atom. The first-order chi connectivity index (χ1) is 11.5. The second-order valence-electron chi connectivity index (χ2n) is 6.94. The van der Waals surface area contributed by atoms with E-state index in [1.807, 2.05) is 4.90 Å². The Morgan fingerprint density at radius 1 is 1.38 bits per heavy atom. The molecule has 1 atom stereocenters. The monoisotopic (exact) mass is 334 g/mol. The Bertz CT molecular complexity index is 651. The summed E-state index contributed by atoms with van der Waals surface area (Å²) in [5.74, 6) is 0.782. The van der Waals surface area contributed by atoms with Crippen molar-refractivity contribution in [2.75, 3.05) is 19.8 Å². The number of aromatic hydroxyl groups is 1. The van der Waals surface area contributed by atoms with Gasteiger partial charge in [-0.3, -0.25) is 9.59 Å². The molecule has 6 nitrogen and oxygen atoms in total. The number of carbonyl (C=O) groups is 1. The average molecular weight is 334 g/mol. The molecule has 132 valence electrons. The third kappa shape index (κ3) is 3.80. The van der Waals surface area contributed by atoms with Gasteiger partial charge >= 0.3 is 0 Å². The molecule has 1 aromatic rings. The quantitative estimate of drug-likeness (QED) is 0.889. The van der Waals surface area contributed by atoms with Crippen LogP contribution in [0.15, 0.2) is 16.9 Å². The van der Waals surface area contributed by atoms with Crippen LogP contribution in [0.5, 0.6) is 5.75 Å². The highest BCUT2D eigenvalue weighted by Crippen LogP contribution is 2.32. The lowest BCUT2D eigenvalue weighted by atomic mass is 9.80. The molecule has 1 aromatic heterocycles. The van der Waals surface area contributed by atoms with E-state index in [0.29, 0.717) is 38.4 Å². The van der Waals surface area contributed by atoms with Gasteiger partial charge in [-0.15, -0.1) is 0 Å². The van der Waals surface area contributed by atoms with Crippen LogP contribution in [0, 0.1) is 12.8 Å². The van der Waals surface area contributed by atoms with Crippen molar-refractivity contribution in [1.82, 2.24) is 9.47 Å². The van der Waals surface area contributed by atoms with Crippen LogP contribution in [0.25, 0.3) is 0 Å². The third-order valence-corrected chi connectivity index (χ3v) is 5.25. The van der Waals surface area contributed by atoms with Gasteiger partial charge in [-0.05, 0) is 25.3 Å². The standard InChI is InChI=1S/C18H26N2O4/c1-13-9-16(21)11-18(23)19(13)6-5-17(22)20-7-8-24-12-15(20)10-14-3-2-4-14/h9,11,14-15,21H,2-8,10,12H2,1H3. The van der Waals surface area contributed by atoms with Gasteiger partial charge < -0.3 is 19.3 Å². The topological polar surface area (TPSA) is 71.8 Å². The van der Waals surface area contributed by atoms with Crippen molar-refractivity contribution < 1.29 is 14.6 Å². The van der Waals surface area contributed by atoms with E-state index in [9.17, 15) is 14.7 Å². The predicted molar refractivity (Wildman–Crippen MR) is 90.0 cm³/mol. The first kappa shape index (κ1) is 17.0. The summed E-state index contributed by atoms with van der Waals surface area (Å²) in [5.41, 5.74) is 0.397. The van der Waals surface area contributed by atoms with E-state index < -0.39 is 0 Å². The first-order valence-corrected chi connectivity index (χ1v) is 8.82. The maximum Gasteiger partial charge on any atom is 0.254 e. The minimum absolute atomic E-state index is 0.0335. The summed E-state index contributed by atoms with van der Waals surface area (Å²) in [5, 5.41) is 9.44. The second-order valence-corrected chi connectivity index (χ2v) is 6.94. The number of aryl methyl sites for hydroxylation is 1. The normalized spacial score (nSPS) is 21.5. The molecular formula is C18H26N2O4. The fraction of sp³-hybridized carbons (Fsp3) is 0.667. The number of nitrogens with zero attached hydrogens (tertiary/aromatic N) is 2. The number of aromatic nitrogens is 1. The number of rotatable bonds is 5. The van der Waals surface area contributed by atoms with Crippen molar-refractivity contribution >= 4 is 5.91 Å². The summed E-state index contributed by atoms with van der Waals surface area (Å²) >= 11 is 0. The van der Waals surface area contributed by atoms with Gasteiger partial charge in [0.1, 0.15) is 5.75 Å². The molecule has 0 bridgehead atoms. The molecule has 6 heteroatoms. The Balaban J connectivity index is 1.61. The van der Waals surface area contributed by atoms with Crippen LogP contribution in [0.3, 0.4) is 0 Å². The largest absolute Gasteiger partial charge is 0.508 e. The van der Waals surface area contributed by atoms with Gasteiger partial charge in [-0.25, -0.2) is 0 Å². The lowest BCUT2D eigenvalue weighted by Crippen LogP contribution is -2.50. The molecule has 2 aliphatic rings. The van der Waals surface area contributed by atoms with Crippen LogP contribution in [0.2, 0.25) is 0 Å². The summed E-state index contributed by atoms with van der Waals surface area (Å²) in [6.45, 7) is 3.96. The van der Waals surface area contributed by atoms with Crippen LogP contribution in [-0.2, 0) is 16.1 Å². The number of pyridine rings is 1. The van der Waals surface area contributed by atoms with Gasteiger partial charge in [0.25, 0.3) is 5.56 Å². The van der Waals surface area contributed by atoms with Crippen LogP contribution < -0.4 is 5.56 Å². The zero-order chi connectivity index (χ0) is 17.1. The highest BCUT2D eigenvalue weighted by atomic mass is 16.5. The van der Waals surface area contributed by atoms with Crippen molar-refractivity contribution in [3.63, 3.8) is 0 Å². The highest BCUT2D eigenvalue weighted by molar-refractivity contribution is 5.76. The molecule has 0 aromatic carbocycles. The van der Waals surface area contributed by atoms with Crippen molar-refractivity contribution in [1.29, 1.82) is 0 Å². The van der Waals surface area contributed by atoms with Gasteiger partial charge in [0.2, 0.25) is 5.91 Å². The molecule has 1 saturated carbocycles. The number of amides is 1. The Morgan fingerprint density at radius 2 is 2.17 bits per heavy atom. The van der Waals surface area contributed by atoms with Crippen molar-refractivity contribution in [2.45, 2.75) is 51.6 Å². The summed E-state index contributed by atoms with van der Waals surface area (Å²) in [6.07, 6.45) is 5.16. The van der Waals surface area contributed by atoms with E-state index in [0.717, 1.165) is 12.3 Å². The third-order valence-electron chi connectivity index (χ3n) is 5.25. The molecule has 24 heavy (non-hydrogen) atoms. The van der Waals surface area contributed by atoms with Crippen LogP contribution in [-0.4, -0.2) is 46.3 Å². The molecule has 1 aliphatic heterocycles. The molecule has 1 amide bonds. The summed E-state index contributed by atoms with van der Waals surface area (Å²) < 4.78 is 7.11. The number of hydrogen-bond donors (Lipinski definition) is 1.